The normalized spacial score (nSPS) is 12.3. The fourth-order valence-electron chi connectivity index (χ4n) is 2.50. The molecule has 0 bridgehead atoms. The Morgan fingerprint density at radius 1 is 0.920 bits per heavy atom. The van der Waals surface area contributed by atoms with Crippen LogP contribution in [0, 0.1) is 0 Å². The third-order valence-electron chi connectivity index (χ3n) is 3.73. The molecule has 0 saturated heterocycles. The zero-order valence-electron chi connectivity index (χ0n) is 13.0. The van der Waals surface area contributed by atoms with Crippen molar-refractivity contribution in [3.8, 4) is 22.5 Å². The van der Waals surface area contributed by atoms with Gasteiger partial charge in [-0.1, -0.05) is 24.3 Å². The van der Waals surface area contributed by atoms with E-state index in [0.717, 1.165) is 24.5 Å². The molecular formula is C18H13F3O3S. The quantitative estimate of drug-likeness (QED) is 0.653. The Balaban J connectivity index is 2.14. The van der Waals surface area contributed by atoms with Crippen molar-refractivity contribution < 1.29 is 26.0 Å². The van der Waals surface area contributed by atoms with E-state index in [0.29, 0.717) is 11.3 Å². The minimum Gasteiger partial charge on any atom is -0.464 e. The highest BCUT2D eigenvalue weighted by molar-refractivity contribution is 7.90. The molecule has 7 heteroatoms. The largest absolute Gasteiger partial charge is 0.464 e. The highest BCUT2D eigenvalue weighted by Crippen LogP contribution is 2.38. The molecular weight excluding hydrogens is 353 g/mol. The van der Waals surface area contributed by atoms with Crippen LogP contribution in [0.15, 0.2) is 70.2 Å². The summed E-state index contributed by atoms with van der Waals surface area (Å²) in [6.07, 6.45) is -2.13. The van der Waals surface area contributed by atoms with Gasteiger partial charge in [-0.15, -0.1) is 0 Å². The number of alkyl halides is 3. The van der Waals surface area contributed by atoms with Gasteiger partial charge in [-0.05, 0) is 41.5 Å². The van der Waals surface area contributed by atoms with Gasteiger partial charge in [0.25, 0.3) is 0 Å². The molecule has 0 aliphatic rings. The first-order valence-corrected chi connectivity index (χ1v) is 9.11. The van der Waals surface area contributed by atoms with Crippen molar-refractivity contribution in [2.45, 2.75) is 11.1 Å². The molecule has 2 aromatic carbocycles. The second-order valence-electron chi connectivity index (χ2n) is 5.53. The van der Waals surface area contributed by atoms with E-state index in [9.17, 15) is 21.6 Å². The van der Waals surface area contributed by atoms with Crippen LogP contribution in [0.1, 0.15) is 5.56 Å². The SMILES string of the molecule is CS(=O)(=O)c1ccc(C(F)(F)F)c(-c2ccc(-c3ccco3)cc2)c1. The summed E-state index contributed by atoms with van der Waals surface area (Å²) in [7, 11) is -3.62. The third-order valence-corrected chi connectivity index (χ3v) is 4.84. The number of hydrogen-bond donors (Lipinski definition) is 0. The molecule has 0 saturated carbocycles. The molecule has 0 aliphatic heterocycles. The van der Waals surface area contributed by atoms with Crippen LogP contribution in [-0.2, 0) is 16.0 Å². The van der Waals surface area contributed by atoms with Crippen LogP contribution < -0.4 is 0 Å². The lowest BCUT2D eigenvalue weighted by Crippen LogP contribution is -2.08. The van der Waals surface area contributed by atoms with Crippen molar-refractivity contribution in [2.75, 3.05) is 6.26 Å². The molecule has 1 heterocycles. The Hall–Kier alpha value is -2.54. The molecule has 0 N–H and O–H groups in total. The molecule has 0 fully saturated rings. The van der Waals surface area contributed by atoms with E-state index in [1.807, 2.05) is 0 Å². The summed E-state index contributed by atoms with van der Waals surface area (Å²) in [5.74, 6) is 0.590. The van der Waals surface area contributed by atoms with E-state index in [1.165, 1.54) is 18.4 Å². The van der Waals surface area contributed by atoms with Gasteiger partial charge in [0.05, 0.1) is 16.7 Å². The fraction of sp³-hybridized carbons (Fsp3) is 0.111. The van der Waals surface area contributed by atoms with Gasteiger partial charge in [0.15, 0.2) is 9.84 Å². The first-order valence-electron chi connectivity index (χ1n) is 7.22. The Kier molecular flexibility index (Phi) is 4.20. The van der Waals surface area contributed by atoms with Gasteiger partial charge in [0.1, 0.15) is 5.76 Å². The highest BCUT2D eigenvalue weighted by Gasteiger charge is 2.34. The van der Waals surface area contributed by atoms with E-state index in [-0.39, 0.29) is 16.0 Å². The van der Waals surface area contributed by atoms with Gasteiger partial charge < -0.3 is 4.42 Å². The van der Waals surface area contributed by atoms with Crippen molar-refractivity contribution >= 4 is 9.84 Å². The van der Waals surface area contributed by atoms with Crippen molar-refractivity contribution in [1.29, 1.82) is 0 Å². The molecule has 3 rings (SSSR count). The second kappa shape index (κ2) is 6.07. The summed E-state index contributed by atoms with van der Waals surface area (Å²) in [5, 5.41) is 0. The topological polar surface area (TPSA) is 47.3 Å². The summed E-state index contributed by atoms with van der Waals surface area (Å²) >= 11 is 0. The zero-order valence-corrected chi connectivity index (χ0v) is 13.9. The van der Waals surface area contributed by atoms with Crippen LogP contribution in [0.3, 0.4) is 0 Å². The van der Waals surface area contributed by atoms with Gasteiger partial charge in [-0.2, -0.15) is 13.2 Å². The van der Waals surface area contributed by atoms with E-state index < -0.39 is 21.6 Å². The van der Waals surface area contributed by atoms with E-state index >= 15 is 0 Å². The van der Waals surface area contributed by atoms with Gasteiger partial charge in [0, 0.05) is 11.8 Å². The Morgan fingerprint density at radius 2 is 1.56 bits per heavy atom. The second-order valence-corrected chi connectivity index (χ2v) is 7.55. The fourth-order valence-corrected chi connectivity index (χ4v) is 3.14. The molecule has 1 aromatic heterocycles. The maximum absolute atomic E-state index is 13.3. The van der Waals surface area contributed by atoms with Crippen LogP contribution >= 0.6 is 0 Å². The summed E-state index contributed by atoms with van der Waals surface area (Å²) in [4.78, 5) is -0.161. The Morgan fingerprint density at radius 3 is 2.08 bits per heavy atom. The number of sulfone groups is 1. The average molecular weight is 366 g/mol. The van der Waals surface area contributed by atoms with E-state index in [2.05, 4.69) is 0 Å². The number of furan rings is 1. The smallest absolute Gasteiger partial charge is 0.417 e. The molecule has 0 atom stereocenters. The molecule has 3 nitrogen and oxygen atoms in total. The number of halogens is 3. The van der Waals surface area contributed by atoms with Gasteiger partial charge in [-0.3, -0.25) is 0 Å². The van der Waals surface area contributed by atoms with E-state index in [1.54, 1.807) is 24.3 Å². The summed E-state index contributed by atoms with van der Waals surface area (Å²) in [5.41, 5.74) is -0.0817. The molecule has 0 radical (unpaired) electrons. The predicted molar refractivity (Wildman–Crippen MR) is 87.7 cm³/mol. The van der Waals surface area contributed by atoms with Crippen molar-refractivity contribution in [3.63, 3.8) is 0 Å². The standard InChI is InChI=1S/C18H13F3O3S/c1-25(22,23)14-8-9-16(18(19,20)21)15(11-14)12-4-6-13(7-5-12)17-3-2-10-24-17/h2-11H,1H3. The lowest BCUT2D eigenvalue weighted by Gasteiger charge is -2.14. The van der Waals surface area contributed by atoms with Crippen LogP contribution in [0.4, 0.5) is 13.2 Å². The molecule has 0 spiro atoms. The number of rotatable bonds is 3. The molecule has 0 unspecified atom stereocenters. The minimum atomic E-state index is -4.59. The monoisotopic (exact) mass is 366 g/mol. The molecule has 0 aliphatic carbocycles. The molecule has 3 aromatic rings. The van der Waals surface area contributed by atoms with Gasteiger partial charge in [0.2, 0.25) is 0 Å². The van der Waals surface area contributed by atoms with Crippen molar-refractivity contribution in [2.24, 2.45) is 0 Å². The van der Waals surface area contributed by atoms with Gasteiger partial charge in [-0.25, -0.2) is 8.42 Å². The first-order chi connectivity index (χ1) is 11.7. The lowest BCUT2D eigenvalue weighted by molar-refractivity contribution is -0.137. The van der Waals surface area contributed by atoms with Gasteiger partial charge >= 0.3 is 6.18 Å². The van der Waals surface area contributed by atoms with Crippen molar-refractivity contribution in [1.82, 2.24) is 0 Å². The van der Waals surface area contributed by atoms with Crippen molar-refractivity contribution in [3.05, 3.63) is 66.4 Å². The Bertz CT molecular complexity index is 987. The van der Waals surface area contributed by atoms with E-state index in [4.69, 9.17) is 4.42 Å². The summed E-state index contributed by atoms with van der Waals surface area (Å²) in [6.45, 7) is 0. The summed E-state index contributed by atoms with van der Waals surface area (Å²) < 4.78 is 68.5. The third kappa shape index (κ3) is 3.61. The minimum absolute atomic E-state index is 0.161. The molecule has 130 valence electrons. The van der Waals surface area contributed by atoms with Crippen LogP contribution in [-0.4, -0.2) is 14.7 Å². The highest BCUT2D eigenvalue weighted by atomic mass is 32.2. The zero-order chi connectivity index (χ0) is 18.2. The number of hydrogen-bond acceptors (Lipinski definition) is 3. The molecule has 25 heavy (non-hydrogen) atoms. The Labute approximate surface area is 142 Å². The van der Waals surface area contributed by atoms with Crippen LogP contribution in [0.25, 0.3) is 22.5 Å². The van der Waals surface area contributed by atoms with Crippen LogP contribution in [0.2, 0.25) is 0 Å². The number of benzene rings is 2. The maximum Gasteiger partial charge on any atom is 0.417 e. The average Bonchev–Trinajstić information content (AvgIpc) is 3.07. The van der Waals surface area contributed by atoms with Crippen LogP contribution in [0.5, 0.6) is 0 Å². The molecule has 0 amide bonds. The predicted octanol–water partition coefficient (Wildman–Crippen LogP) is 5.04. The first kappa shape index (κ1) is 17.3. The lowest BCUT2D eigenvalue weighted by atomic mass is 9.98. The summed E-state index contributed by atoms with van der Waals surface area (Å²) in [6, 6.07) is 12.5. The maximum atomic E-state index is 13.3.